The van der Waals surface area contributed by atoms with Crippen molar-refractivity contribution in [3.8, 4) is 11.5 Å². The van der Waals surface area contributed by atoms with Crippen molar-refractivity contribution < 1.29 is 13.9 Å². The average Bonchev–Trinajstić information content (AvgIpc) is 3.38. The van der Waals surface area contributed by atoms with E-state index in [1.165, 1.54) is 12.1 Å². The van der Waals surface area contributed by atoms with E-state index in [2.05, 4.69) is 21.2 Å². The van der Waals surface area contributed by atoms with Crippen molar-refractivity contribution in [3.05, 3.63) is 77.4 Å². The molecule has 0 saturated carbocycles. The van der Waals surface area contributed by atoms with Crippen LogP contribution in [0.15, 0.2) is 54.6 Å². The molecule has 6 heteroatoms. The van der Waals surface area contributed by atoms with Gasteiger partial charge in [0, 0.05) is 19.0 Å². The third-order valence-electron chi connectivity index (χ3n) is 5.11. The van der Waals surface area contributed by atoms with E-state index in [0.717, 1.165) is 48.8 Å². The number of aromatic nitrogens is 2. The fourth-order valence-electron chi connectivity index (χ4n) is 3.62. The van der Waals surface area contributed by atoms with Gasteiger partial charge in [-0.1, -0.05) is 24.3 Å². The van der Waals surface area contributed by atoms with Crippen LogP contribution in [0.5, 0.6) is 11.5 Å². The first kappa shape index (κ1) is 18.5. The molecule has 1 saturated heterocycles. The molecule has 0 aliphatic carbocycles. The first-order valence-electron chi connectivity index (χ1n) is 9.48. The minimum absolute atomic E-state index is 0.192. The number of aromatic amines is 1. The normalized spacial score (nSPS) is 17.0. The Kier molecular flexibility index (Phi) is 5.58. The summed E-state index contributed by atoms with van der Waals surface area (Å²) in [6, 6.07) is 16.4. The van der Waals surface area contributed by atoms with Crippen molar-refractivity contribution in [2.75, 3.05) is 20.2 Å². The molecular weight excluding hydrogens is 357 g/mol. The lowest BCUT2D eigenvalue weighted by Crippen LogP contribution is -2.19. The van der Waals surface area contributed by atoms with Crippen LogP contribution in [0.4, 0.5) is 4.39 Å². The van der Waals surface area contributed by atoms with Crippen LogP contribution >= 0.6 is 0 Å². The number of nitrogens with one attached hydrogen (secondary N) is 1. The fourth-order valence-corrected chi connectivity index (χ4v) is 3.62. The Balaban J connectivity index is 1.32. The van der Waals surface area contributed by atoms with Crippen molar-refractivity contribution in [2.45, 2.75) is 25.5 Å². The van der Waals surface area contributed by atoms with Gasteiger partial charge in [-0.15, -0.1) is 0 Å². The Bertz CT molecular complexity index is 910. The maximum Gasteiger partial charge on any atom is 0.161 e. The molecule has 2 aromatic carbocycles. The summed E-state index contributed by atoms with van der Waals surface area (Å²) in [7, 11) is 1.63. The zero-order valence-electron chi connectivity index (χ0n) is 15.9. The average molecular weight is 381 g/mol. The highest BCUT2D eigenvalue weighted by atomic mass is 19.1. The van der Waals surface area contributed by atoms with E-state index in [1.807, 2.05) is 36.4 Å². The van der Waals surface area contributed by atoms with Crippen molar-refractivity contribution >= 4 is 0 Å². The highest BCUT2D eigenvalue weighted by molar-refractivity contribution is 5.39. The molecule has 28 heavy (non-hydrogen) atoms. The number of nitrogens with zero attached hydrogens (tertiary/aromatic N) is 2. The monoisotopic (exact) mass is 381 g/mol. The molecule has 0 bridgehead atoms. The summed E-state index contributed by atoms with van der Waals surface area (Å²) in [5.41, 5.74) is 3.15. The molecule has 2 heterocycles. The van der Waals surface area contributed by atoms with Crippen LogP contribution in [0.25, 0.3) is 0 Å². The number of rotatable bonds is 7. The number of likely N-dealkylation sites (tertiary alicyclic amines) is 1. The minimum atomic E-state index is -0.192. The van der Waals surface area contributed by atoms with Gasteiger partial charge in [0.05, 0.1) is 18.5 Å². The van der Waals surface area contributed by atoms with Crippen molar-refractivity contribution in [2.24, 2.45) is 0 Å². The molecule has 3 aromatic rings. The van der Waals surface area contributed by atoms with Crippen LogP contribution in [-0.2, 0) is 13.2 Å². The van der Waals surface area contributed by atoms with Gasteiger partial charge in [-0.2, -0.15) is 5.10 Å². The zero-order chi connectivity index (χ0) is 19.3. The quantitative estimate of drug-likeness (QED) is 0.669. The first-order chi connectivity index (χ1) is 13.7. The van der Waals surface area contributed by atoms with Crippen LogP contribution in [0, 0.1) is 5.82 Å². The maximum absolute atomic E-state index is 13.1. The molecule has 0 spiro atoms. The summed E-state index contributed by atoms with van der Waals surface area (Å²) in [6.07, 6.45) is 1.07. The summed E-state index contributed by atoms with van der Waals surface area (Å²) in [4.78, 5) is 2.39. The van der Waals surface area contributed by atoms with Gasteiger partial charge in [0.15, 0.2) is 11.5 Å². The molecule has 4 rings (SSSR count). The summed E-state index contributed by atoms with van der Waals surface area (Å²) in [5, 5.41) is 7.58. The number of hydrogen-bond acceptors (Lipinski definition) is 4. The molecule has 1 N–H and O–H groups in total. The summed E-state index contributed by atoms with van der Waals surface area (Å²) in [6.45, 7) is 3.22. The smallest absolute Gasteiger partial charge is 0.161 e. The van der Waals surface area contributed by atoms with Crippen LogP contribution < -0.4 is 9.47 Å². The van der Waals surface area contributed by atoms with Gasteiger partial charge < -0.3 is 9.47 Å². The first-order valence-corrected chi connectivity index (χ1v) is 9.48. The van der Waals surface area contributed by atoms with E-state index in [0.29, 0.717) is 18.3 Å². The number of methoxy groups -OCH3 is 1. The standard InChI is InChI=1S/C22H24FN3O2/c1-27-21-4-2-3-5-22(21)28-15-19-12-20(25-24-19)17-10-11-26(14-17)13-16-6-8-18(23)9-7-16/h2-9,12,17H,10-11,13-15H2,1H3,(H,24,25). The molecule has 146 valence electrons. The van der Waals surface area contributed by atoms with Crippen LogP contribution in [0.1, 0.15) is 29.3 Å². The van der Waals surface area contributed by atoms with Gasteiger partial charge in [0.2, 0.25) is 0 Å². The summed E-state index contributed by atoms with van der Waals surface area (Å²) in [5.74, 6) is 1.64. The number of halogens is 1. The van der Waals surface area contributed by atoms with Crippen molar-refractivity contribution in [1.82, 2.24) is 15.1 Å². The Morgan fingerprint density at radius 3 is 2.71 bits per heavy atom. The Morgan fingerprint density at radius 2 is 1.93 bits per heavy atom. The van der Waals surface area contributed by atoms with Gasteiger partial charge in [-0.05, 0) is 48.9 Å². The van der Waals surface area contributed by atoms with E-state index in [1.54, 1.807) is 7.11 Å². The number of hydrogen-bond donors (Lipinski definition) is 1. The maximum atomic E-state index is 13.1. The predicted molar refractivity (Wildman–Crippen MR) is 105 cm³/mol. The largest absolute Gasteiger partial charge is 0.493 e. The second-order valence-electron chi connectivity index (χ2n) is 7.10. The number of para-hydroxylation sites is 2. The molecule has 1 aliphatic rings. The third-order valence-corrected chi connectivity index (χ3v) is 5.11. The third kappa shape index (κ3) is 4.34. The summed E-state index contributed by atoms with van der Waals surface area (Å²) >= 11 is 0. The van der Waals surface area contributed by atoms with Gasteiger partial charge in [-0.25, -0.2) is 4.39 Å². The lowest BCUT2D eigenvalue weighted by Gasteiger charge is -2.15. The van der Waals surface area contributed by atoms with Crippen molar-refractivity contribution in [1.29, 1.82) is 0 Å². The molecule has 1 atom stereocenters. The molecule has 1 unspecified atom stereocenters. The summed E-state index contributed by atoms with van der Waals surface area (Å²) < 4.78 is 24.2. The van der Waals surface area contributed by atoms with Gasteiger partial charge in [-0.3, -0.25) is 10.00 Å². The Morgan fingerprint density at radius 1 is 1.14 bits per heavy atom. The van der Waals surface area contributed by atoms with Crippen LogP contribution in [0.2, 0.25) is 0 Å². The second kappa shape index (κ2) is 8.44. The van der Waals surface area contributed by atoms with E-state index in [-0.39, 0.29) is 5.82 Å². The van der Waals surface area contributed by atoms with Gasteiger partial charge in [0.1, 0.15) is 12.4 Å². The minimum Gasteiger partial charge on any atom is -0.493 e. The molecule has 0 amide bonds. The fraction of sp³-hybridized carbons (Fsp3) is 0.318. The van der Waals surface area contributed by atoms with E-state index in [4.69, 9.17) is 9.47 Å². The molecule has 1 aromatic heterocycles. The highest BCUT2D eigenvalue weighted by Gasteiger charge is 2.25. The molecule has 1 fully saturated rings. The Labute approximate surface area is 164 Å². The zero-order valence-corrected chi connectivity index (χ0v) is 15.9. The number of benzene rings is 2. The van der Waals surface area contributed by atoms with E-state index < -0.39 is 0 Å². The predicted octanol–water partition coefficient (Wildman–Crippen LogP) is 4.13. The highest BCUT2D eigenvalue weighted by Crippen LogP contribution is 2.29. The van der Waals surface area contributed by atoms with Gasteiger partial charge in [0.25, 0.3) is 0 Å². The molecular formula is C22H24FN3O2. The second-order valence-corrected chi connectivity index (χ2v) is 7.10. The van der Waals surface area contributed by atoms with Crippen molar-refractivity contribution in [3.63, 3.8) is 0 Å². The van der Waals surface area contributed by atoms with Crippen LogP contribution in [-0.4, -0.2) is 35.3 Å². The number of H-pyrrole nitrogens is 1. The Hall–Kier alpha value is -2.86. The lowest BCUT2D eigenvalue weighted by atomic mass is 10.1. The topological polar surface area (TPSA) is 50.4 Å². The van der Waals surface area contributed by atoms with Gasteiger partial charge >= 0.3 is 0 Å². The van der Waals surface area contributed by atoms with E-state index >= 15 is 0 Å². The lowest BCUT2D eigenvalue weighted by molar-refractivity contribution is 0.280. The number of ether oxygens (including phenoxy) is 2. The molecule has 0 radical (unpaired) electrons. The molecule has 5 nitrogen and oxygen atoms in total. The van der Waals surface area contributed by atoms with Crippen LogP contribution in [0.3, 0.4) is 0 Å². The molecule has 1 aliphatic heterocycles. The SMILES string of the molecule is COc1ccccc1OCc1cc(C2CCN(Cc3ccc(F)cc3)C2)n[nH]1. The van der Waals surface area contributed by atoms with E-state index in [9.17, 15) is 4.39 Å².